The van der Waals surface area contributed by atoms with Crippen LogP contribution in [0.3, 0.4) is 0 Å². The van der Waals surface area contributed by atoms with Gasteiger partial charge in [-0.3, -0.25) is 19.5 Å². The normalized spacial score (nSPS) is 15.2. The summed E-state index contributed by atoms with van der Waals surface area (Å²) in [7, 11) is 0. The molecular formula is C16H24N4O3. The Balaban J connectivity index is 1.73. The second-order valence-electron chi connectivity index (χ2n) is 5.53. The first-order chi connectivity index (χ1) is 11.1. The Morgan fingerprint density at radius 3 is 2.65 bits per heavy atom. The van der Waals surface area contributed by atoms with E-state index in [-0.39, 0.29) is 18.4 Å². The molecule has 0 radical (unpaired) electrons. The molecule has 1 aliphatic rings. The van der Waals surface area contributed by atoms with Gasteiger partial charge in [0, 0.05) is 52.0 Å². The van der Waals surface area contributed by atoms with Crippen molar-refractivity contribution in [1.82, 2.24) is 20.1 Å². The van der Waals surface area contributed by atoms with Crippen molar-refractivity contribution in [2.24, 2.45) is 0 Å². The van der Waals surface area contributed by atoms with Crippen LogP contribution in [0.5, 0.6) is 0 Å². The lowest BCUT2D eigenvalue weighted by Crippen LogP contribution is -2.44. The minimum absolute atomic E-state index is 0.0702. The van der Waals surface area contributed by atoms with Gasteiger partial charge in [0.15, 0.2) is 0 Å². The number of nitrogens with one attached hydrogen (secondary N) is 1. The summed E-state index contributed by atoms with van der Waals surface area (Å²) < 4.78 is 5.29. The maximum Gasteiger partial charge on any atom is 0.239 e. The number of carbonyl (C=O) groups is 2. The number of rotatable bonds is 7. The third kappa shape index (κ3) is 6.33. The third-order valence-corrected chi connectivity index (χ3v) is 3.76. The predicted octanol–water partition coefficient (Wildman–Crippen LogP) is -0.121. The van der Waals surface area contributed by atoms with Crippen LogP contribution >= 0.6 is 0 Å². The predicted molar refractivity (Wildman–Crippen MR) is 85.6 cm³/mol. The molecule has 7 nitrogen and oxygen atoms in total. The fraction of sp³-hybridized carbons (Fsp3) is 0.562. The molecule has 1 fully saturated rings. The fourth-order valence-electron chi connectivity index (χ4n) is 2.39. The summed E-state index contributed by atoms with van der Waals surface area (Å²) in [6.45, 7) is 6.64. The number of amides is 2. The Morgan fingerprint density at radius 2 is 2.00 bits per heavy atom. The molecule has 1 aliphatic heterocycles. The molecule has 1 aromatic heterocycles. The van der Waals surface area contributed by atoms with Crippen LogP contribution in [-0.4, -0.2) is 72.5 Å². The van der Waals surface area contributed by atoms with Crippen molar-refractivity contribution in [3.63, 3.8) is 0 Å². The van der Waals surface area contributed by atoms with E-state index in [0.717, 1.165) is 38.4 Å². The van der Waals surface area contributed by atoms with Crippen LogP contribution < -0.4 is 5.32 Å². The van der Waals surface area contributed by atoms with Crippen LogP contribution in [-0.2, 0) is 20.9 Å². The number of hydrogen-bond donors (Lipinski definition) is 1. The van der Waals surface area contributed by atoms with E-state index in [9.17, 15) is 9.59 Å². The first-order valence-corrected chi connectivity index (χ1v) is 7.86. The molecule has 23 heavy (non-hydrogen) atoms. The van der Waals surface area contributed by atoms with Crippen LogP contribution in [0.15, 0.2) is 24.5 Å². The molecule has 0 bridgehead atoms. The molecule has 0 aliphatic carbocycles. The fourth-order valence-corrected chi connectivity index (χ4v) is 2.39. The van der Waals surface area contributed by atoms with Crippen molar-refractivity contribution in [3.8, 4) is 0 Å². The zero-order valence-corrected chi connectivity index (χ0v) is 13.5. The van der Waals surface area contributed by atoms with Crippen molar-refractivity contribution in [2.45, 2.75) is 13.5 Å². The van der Waals surface area contributed by atoms with Gasteiger partial charge in [-0.1, -0.05) is 0 Å². The minimum Gasteiger partial charge on any atom is -0.379 e. The second kappa shape index (κ2) is 9.22. The van der Waals surface area contributed by atoms with E-state index in [0.29, 0.717) is 13.1 Å². The number of hydrogen-bond acceptors (Lipinski definition) is 5. The number of morpholine rings is 1. The number of ether oxygens (including phenoxy) is 1. The first kappa shape index (κ1) is 17.4. The van der Waals surface area contributed by atoms with Crippen LogP contribution in [0.2, 0.25) is 0 Å². The summed E-state index contributed by atoms with van der Waals surface area (Å²) >= 11 is 0. The summed E-state index contributed by atoms with van der Waals surface area (Å²) in [5.41, 5.74) is 0.955. The molecule has 126 valence electrons. The SMILES string of the molecule is CC(=O)N(CC(=O)NCCN1CCOCC1)Cc1ccncc1. The van der Waals surface area contributed by atoms with E-state index in [1.165, 1.54) is 11.8 Å². The molecule has 0 unspecified atom stereocenters. The first-order valence-electron chi connectivity index (χ1n) is 7.86. The van der Waals surface area contributed by atoms with Gasteiger partial charge >= 0.3 is 0 Å². The smallest absolute Gasteiger partial charge is 0.239 e. The molecule has 2 amide bonds. The van der Waals surface area contributed by atoms with Gasteiger partial charge in [-0.05, 0) is 17.7 Å². The lowest BCUT2D eigenvalue weighted by molar-refractivity contribution is -0.134. The van der Waals surface area contributed by atoms with Crippen molar-refractivity contribution in [1.29, 1.82) is 0 Å². The monoisotopic (exact) mass is 320 g/mol. The molecule has 1 saturated heterocycles. The Kier molecular flexibility index (Phi) is 6.96. The van der Waals surface area contributed by atoms with E-state index in [2.05, 4.69) is 15.2 Å². The van der Waals surface area contributed by atoms with Crippen molar-refractivity contribution in [2.75, 3.05) is 45.9 Å². The molecule has 7 heteroatoms. The average molecular weight is 320 g/mol. The lowest BCUT2D eigenvalue weighted by atomic mass is 10.2. The highest BCUT2D eigenvalue weighted by atomic mass is 16.5. The van der Waals surface area contributed by atoms with E-state index in [4.69, 9.17) is 4.74 Å². The summed E-state index contributed by atoms with van der Waals surface area (Å²) in [6.07, 6.45) is 3.35. The van der Waals surface area contributed by atoms with E-state index in [1.54, 1.807) is 12.4 Å². The Labute approximate surface area is 136 Å². The van der Waals surface area contributed by atoms with Gasteiger partial charge < -0.3 is 15.0 Å². The zero-order chi connectivity index (χ0) is 16.5. The van der Waals surface area contributed by atoms with Gasteiger partial charge in [0.25, 0.3) is 0 Å². The molecule has 1 aromatic rings. The Hall–Kier alpha value is -1.99. The van der Waals surface area contributed by atoms with Crippen LogP contribution in [0.1, 0.15) is 12.5 Å². The number of carbonyl (C=O) groups excluding carboxylic acids is 2. The molecule has 0 aromatic carbocycles. The van der Waals surface area contributed by atoms with Gasteiger partial charge in [0.05, 0.1) is 19.8 Å². The van der Waals surface area contributed by atoms with E-state index < -0.39 is 0 Å². The average Bonchev–Trinajstić information content (AvgIpc) is 2.56. The van der Waals surface area contributed by atoms with E-state index in [1.807, 2.05) is 12.1 Å². The zero-order valence-electron chi connectivity index (χ0n) is 13.5. The van der Waals surface area contributed by atoms with Gasteiger partial charge in [0.2, 0.25) is 11.8 Å². The number of aromatic nitrogens is 1. The number of pyridine rings is 1. The molecule has 2 heterocycles. The van der Waals surface area contributed by atoms with Gasteiger partial charge in [-0.2, -0.15) is 0 Å². The van der Waals surface area contributed by atoms with E-state index >= 15 is 0 Å². The molecule has 0 saturated carbocycles. The van der Waals surface area contributed by atoms with Gasteiger partial charge in [-0.25, -0.2) is 0 Å². The summed E-state index contributed by atoms with van der Waals surface area (Å²) in [4.78, 5) is 31.5. The molecule has 1 N–H and O–H groups in total. The second-order valence-corrected chi connectivity index (χ2v) is 5.53. The number of nitrogens with zero attached hydrogens (tertiary/aromatic N) is 3. The highest BCUT2D eigenvalue weighted by Gasteiger charge is 2.15. The van der Waals surface area contributed by atoms with Crippen LogP contribution in [0, 0.1) is 0 Å². The summed E-state index contributed by atoms with van der Waals surface area (Å²) in [6, 6.07) is 3.68. The highest BCUT2D eigenvalue weighted by molar-refractivity contribution is 5.83. The van der Waals surface area contributed by atoms with Crippen molar-refractivity contribution >= 4 is 11.8 Å². The molecule has 0 atom stereocenters. The maximum absolute atomic E-state index is 12.0. The lowest BCUT2D eigenvalue weighted by Gasteiger charge is -2.26. The molecule has 2 rings (SSSR count). The largest absolute Gasteiger partial charge is 0.379 e. The third-order valence-electron chi connectivity index (χ3n) is 3.76. The molecule has 0 spiro atoms. The van der Waals surface area contributed by atoms with Crippen LogP contribution in [0.4, 0.5) is 0 Å². The van der Waals surface area contributed by atoms with Crippen molar-refractivity contribution < 1.29 is 14.3 Å². The maximum atomic E-state index is 12.0. The van der Waals surface area contributed by atoms with Crippen molar-refractivity contribution in [3.05, 3.63) is 30.1 Å². The van der Waals surface area contributed by atoms with Gasteiger partial charge in [0.1, 0.15) is 0 Å². The summed E-state index contributed by atoms with van der Waals surface area (Å²) in [5, 5.41) is 2.87. The quantitative estimate of drug-likeness (QED) is 0.758. The highest BCUT2D eigenvalue weighted by Crippen LogP contribution is 2.03. The minimum atomic E-state index is -0.137. The topological polar surface area (TPSA) is 74.8 Å². The summed E-state index contributed by atoms with van der Waals surface area (Å²) in [5.74, 6) is -0.257. The van der Waals surface area contributed by atoms with Gasteiger partial charge in [-0.15, -0.1) is 0 Å². The molecular weight excluding hydrogens is 296 g/mol. The van der Waals surface area contributed by atoms with Crippen LogP contribution in [0.25, 0.3) is 0 Å². The standard InChI is InChI=1S/C16H24N4O3/c1-14(21)20(12-15-2-4-17-5-3-15)13-16(22)18-6-7-19-8-10-23-11-9-19/h2-5H,6-13H2,1H3,(H,18,22). The Bertz CT molecular complexity index is 503. The Morgan fingerprint density at radius 1 is 1.30 bits per heavy atom.